The number of aryl methyl sites for hydroxylation is 2. The molecule has 2 heterocycles. The fourth-order valence-electron chi connectivity index (χ4n) is 5.11. The number of furan rings is 2. The second kappa shape index (κ2) is 8.13. The van der Waals surface area contributed by atoms with Gasteiger partial charge < -0.3 is 19.2 Å². The molecule has 174 valence electrons. The van der Waals surface area contributed by atoms with E-state index in [-0.39, 0.29) is 22.7 Å². The van der Waals surface area contributed by atoms with Gasteiger partial charge in [-0.2, -0.15) is 0 Å². The van der Waals surface area contributed by atoms with E-state index in [0.29, 0.717) is 0 Å². The number of nitrogens with zero attached hydrogens (tertiary/aromatic N) is 2. The average Bonchev–Trinajstić information content (AvgIpc) is 3.36. The summed E-state index contributed by atoms with van der Waals surface area (Å²) in [5.41, 5.74) is 3.04. The minimum absolute atomic E-state index is 0.0879. The van der Waals surface area contributed by atoms with Gasteiger partial charge in [0.25, 0.3) is 0 Å². The third kappa shape index (κ3) is 3.89. The summed E-state index contributed by atoms with van der Waals surface area (Å²) in [5, 5.41) is 26.7. The monoisotopic (exact) mass is 440 g/mol. The summed E-state index contributed by atoms with van der Waals surface area (Å²) in [5.74, 6) is 4.17. The van der Waals surface area contributed by atoms with Gasteiger partial charge in [-0.25, -0.2) is 0 Å². The first-order valence-electron chi connectivity index (χ1n) is 11.8. The number of hydrogen-bond acceptors (Lipinski definition) is 6. The summed E-state index contributed by atoms with van der Waals surface area (Å²) in [6, 6.07) is 4.11. The lowest BCUT2D eigenvalue weighted by Crippen LogP contribution is -2.33. The Morgan fingerprint density at radius 3 is 2.47 bits per heavy atom. The van der Waals surface area contributed by atoms with Crippen molar-refractivity contribution in [3.05, 3.63) is 46.3 Å². The zero-order chi connectivity index (χ0) is 23.3. The molecule has 0 saturated heterocycles. The van der Waals surface area contributed by atoms with Crippen LogP contribution in [0.4, 0.5) is 0 Å². The van der Waals surface area contributed by atoms with Gasteiger partial charge in [0.2, 0.25) is 0 Å². The van der Waals surface area contributed by atoms with Crippen LogP contribution < -0.4 is 0 Å². The van der Waals surface area contributed by atoms with Gasteiger partial charge in [-0.15, -0.1) is 0 Å². The van der Waals surface area contributed by atoms with Gasteiger partial charge in [0, 0.05) is 46.6 Å². The summed E-state index contributed by atoms with van der Waals surface area (Å²) >= 11 is 0. The van der Waals surface area contributed by atoms with E-state index in [1.165, 1.54) is 0 Å². The maximum atomic E-state index is 9.95. The molecule has 0 fully saturated rings. The Morgan fingerprint density at radius 1 is 1.09 bits per heavy atom. The maximum Gasteiger partial charge on any atom is 0.113 e. The smallest absolute Gasteiger partial charge is 0.113 e. The maximum absolute atomic E-state index is 9.95. The van der Waals surface area contributed by atoms with Crippen molar-refractivity contribution < 1.29 is 19.2 Å². The first-order chi connectivity index (χ1) is 15.1. The van der Waals surface area contributed by atoms with Gasteiger partial charge in [0.05, 0.1) is 11.4 Å². The molecule has 4 rings (SSSR count). The third-order valence-corrected chi connectivity index (χ3v) is 7.48. The Hall–Kier alpha value is -2.50. The van der Waals surface area contributed by atoms with Crippen LogP contribution in [0.25, 0.3) is 0 Å². The van der Waals surface area contributed by atoms with Gasteiger partial charge >= 0.3 is 0 Å². The summed E-state index contributed by atoms with van der Waals surface area (Å²) < 4.78 is 12.3. The molecular formula is C26H36N2O4. The van der Waals surface area contributed by atoms with Crippen molar-refractivity contribution in [3.63, 3.8) is 0 Å². The van der Waals surface area contributed by atoms with Crippen LogP contribution in [0.3, 0.4) is 0 Å². The molecule has 0 bridgehead atoms. The Kier molecular flexibility index (Phi) is 5.76. The molecule has 6 nitrogen and oxygen atoms in total. The van der Waals surface area contributed by atoms with Crippen molar-refractivity contribution in [2.24, 2.45) is 21.6 Å². The highest BCUT2D eigenvalue weighted by atomic mass is 16.4. The summed E-state index contributed by atoms with van der Waals surface area (Å²) in [6.45, 7) is 12.8. The van der Waals surface area contributed by atoms with Gasteiger partial charge in [0.15, 0.2) is 0 Å². The minimum Gasteiger partial charge on any atom is -0.465 e. The van der Waals surface area contributed by atoms with Gasteiger partial charge in [-0.05, 0) is 37.8 Å². The van der Waals surface area contributed by atoms with Crippen LogP contribution in [0, 0.1) is 11.3 Å². The Bertz CT molecular complexity index is 1050. The van der Waals surface area contributed by atoms with Crippen LogP contribution in [-0.2, 0) is 18.3 Å². The zero-order valence-electron chi connectivity index (χ0n) is 20.2. The molecular weight excluding hydrogens is 404 g/mol. The van der Waals surface area contributed by atoms with Gasteiger partial charge in [-0.1, -0.05) is 51.9 Å². The number of fused-ring (bicyclic) bond motifs is 2. The average molecular weight is 441 g/mol. The molecule has 32 heavy (non-hydrogen) atoms. The topological polar surface area (TPSA) is 91.5 Å². The molecule has 0 saturated carbocycles. The SMILES string of the molecule is CC1CCc2oc(C(C)CCC3(C)CCc4oc(C(C)(C)C)cc4/C3=N\O)cc2/C1=N\O. The van der Waals surface area contributed by atoms with E-state index in [0.717, 1.165) is 84.1 Å². The van der Waals surface area contributed by atoms with E-state index in [2.05, 4.69) is 64.0 Å². The molecule has 2 aliphatic carbocycles. The molecule has 2 N–H and O–H groups in total. The molecule has 2 aromatic rings. The number of oxime groups is 2. The largest absolute Gasteiger partial charge is 0.465 e. The molecule has 0 radical (unpaired) electrons. The molecule has 0 aliphatic heterocycles. The second-order valence-electron chi connectivity index (χ2n) is 11.1. The van der Waals surface area contributed by atoms with Crippen LogP contribution in [0.5, 0.6) is 0 Å². The first kappa shape index (κ1) is 22.7. The van der Waals surface area contributed by atoms with Crippen molar-refractivity contribution in [1.82, 2.24) is 0 Å². The Balaban J connectivity index is 1.52. The molecule has 2 aromatic heterocycles. The summed E-state index contributed by atoms with van der Waals surface area (Å²) in [4.78, 5) is 0. The molecule has 3 unspecified atom stereocenters. The van der Waals surface area contributed by atoms with E-state index in [1.54, 1.807) is 0 Å². The van der Waals surface area contributed by atoms with Crippen LogP contribution >= 0.6 is 0 Å². The third-order valence-electron chi connectivity index (χ3n) is 7.48. The summed E-state index contributed by atoms with van der Waals surface area (Å²) in [7, 11) is 0. The lowest BCUT2D eigenvalue weighted by molar-refractivity contribution is 0.283. The van der Waals surface area contributed by atoms with Crippen LogP contribution in [-0.4, -0.2) is 21.8 Å². The Labute approximate surface area is 190 Å². The fourth-order valence-corrected chi connectivity index (χ4v) is 5.11. The van der Waals surface area contributed by atoms with Crippen LogP contribution in [0.15, 0.2) is 31.3 Å². The van der Waals surface area contributed by atoms with E-state index in [4.69, 9.17) is 8.83 Å². The van der Waals surface area contributed by atoms with E-state index in [9.17, 15) is 10.4 Å². The molecule has 0 spiro atoms. The standard InChI is InChI=1S/C26H36N2O4/c1-15(21-13-17-19(31-21)8-7-16(2)23(17)27-29)9-11-26(6)12-10-20-18(24(26)28-30)14-22(32-20)25(3,4)5/h13-16,29-30H,7-12H2,1-6H3/b27-23-,28-24+. The highest BCUT2D eigenvalue weighted by Crippen LogP contribution is 2.44. The van der Waals surface area contributed by atoms with E-state index in [1.807, 2.05) is 0 Å². The molecule has 0 aromatic carbocycles. The molecule has 2 aliphatic rings. The lowest BCUT2D eigenvalue weighted by Gasteiger charge is -2.34. The summed E-state index contributed by atoms with van der Waals surface area (Å²) in [6.07, 6.45) is 5.33. The van der Waals surface area contributed by atoms with Crippen molar-refractivity contribution in [3.8, 4) is 0 Å². The second-order valence-corrected chi connectivity index (χ2v) is 11.1. The quantitative estimate of drug-likeness (QED) is 0.411. The lowest BCUT2D eigenvalue weighted by atomic mass is 9.69. The predicted octanol–water partition coefficient (Wildman–Crippen LogP) is 6.65. The van der Waals surface area contributed by atoms with E-state index >= 15 is 0 Å². The van der Waals surface area contributed by atoms with Crippen molar-refractivity contribution >= 4 is 11.4 Å². The zero-order valence-corrected chi connectivity index (χ0v) is 20.2. The van der Waals surface area contributed by atoms with Gasteiger partial charge in [0.1, 0.15) is 23.0 Å². The molecule has 0 amide bonds. The highest BCUT2D eigenvalue weighted by Gasteiger charge is 2.40. The van der Waals surface area contributed by atoms with E-state index < -0.39 is 0 Å². The van der Waals surface area contributed by atoms with Gasteiger partial charge in [-0.3, -0.25) is 0 Å². The van der Waals surface area contributed by atoms with Crippen LogP contribution in [0.2, 0.25) is 0 Å². The van der Waals surface area contributed by atoms with Crippen molar-refractivity contribution in [1.29, 1.82) is 0 Å². The predicted molar refractivity (Wildman–Crippen MR) is 124 cm³/mol. The highest BCUT2D eigenvalue weighted by molar-refractivity contribution is 6.06. The molecule has 6 heteroatoms. The fraction of sp³-hybridized carbons (Fsp3) is 0.615. The van der Waals surface area contributed by atoms with Crippen molar-refractivity contribution in [2.75, 3.05) is 0 Å². The van der Waals surface area contributed by atoms with Crippen LogP contribution in [0.1, 0.15) is 107 Å². The first-order valence-corrected chi connectivity index (χ1v) is 11.8. The van der Waals surface area contributed by atoms with Crippen molar-refractivity contribution in [2.45, 2.75) is 91.4 Å². The minimum atomic E-state index is -0.229. The Morgan fingerprint density at radius 2 is 1.81 bits per heavy atom. The molecule has 3 atom stereocenters. The number of rotatable bonds is 4. The normalized spacial score (nSPS) is 26.9. The number of hydrogen-bond donors (Lipinski definition) is 2.